The van der Waals surface area contributed by atoms with Crippen LogP contribution in [0.4, 0.5) is 13.2 Å². The molecule has 1 heterocycles. The lowest BCUT2D eigenvalue weighted by atomic mass is 10.1. The quantitative estimate of drug-likeness (QED) is 0.152. The molecular weight excluding hydrogens is 543 g/mol. The molecule has 0 N–H and O–H groups in total. The second kappa shape index (κ2) is 14.2. The number of carbonyl (C=O) groups excluding carboxylic acids is 1. The van der Waals surface area contributed by atoms with Crippen LogP contribution in [0.15, 0.2) is 78.9 Å². The number of carbonyl (C=O) groups is 1. The molecule has 6 nitrogen and oxygen atoms in total. The molecule has 4 rings (SSSR count). The summed E-state index contributed by atoms with van der Waals surface area (Å²) in [6.45, 7) is 5.56. The van der Waals surface area contributed by atoms with Gasteiger partial charge < -0.3 is 14.0 Å². The Morgan fingerprint density at radius 1 is 0.905 bits per heavy atom. The number of hydrogen-bond donors (Lipinski definition) is 0. The minimum Gasteiger partial charge on any atom is -0.494 e. The normalized spacial score (nSPS) is 11.6. The van der Waals surface area contributed by atoms with E-state index in [1.807, 2.05) is 49.1 Å². The van der Waals surface area contributed by atoms with Crippen LogP contribution in [0.5, 0.6) is 5.75 Å². The summed E-state index contributed by atoms with van der Waals surface area (Å²) in [6.07, 6.45) is -3.08. The van der Waals surface area contributed by atoms with Gasteiger partial charge in [0.1, 0.15) is 11.6 Å². The van der Waals surface area contributed by atoms with Crippen LogP contribution < -0.4 is 4.74 Å². The van der Waals surface area contributed by atoms with Crippen molar-refractivity contribution >= 4 is 5.97 Å². The molecule has 3 aromatic carbocycles. The van der Waals surface area contributed by atoms with Gasteiger partial charge in [-0.2, -0.15) is 13.2 Å². The molecule has 222 valence electrons. The number of nitrogens with zero attached hydrogens (tertiary/aromatic N) is 3. The molecule has 0 fully saturated rings. The maximum absolute atomic E-state index is 14.5. The Morgan fingerprint density at radius 3 is 2.26 bits per heavy atom. The van der Waals surface area contributed by atoms with E-state index in [0.29, 0.717) is 55.4 Å². The molecule has 0 amide bonds. The molecule has 0 bridgehead atoms. The number of rotatable bonds is 13. The average molecular weight is 580 g/mol. The number of halogens is 3. The van der Waals surface area contributed by atoms with E-state index in [-0.39, 0.29) is 12.2 Å². The van der Waals surface area contributed by atoms with Crippen LogP contribution in [-0.4, -0.2) is 34.1 Å². The van der Waals surface area contributed by atoms with Gasteiger partial charge in [-0.05, 0) is 48.7 Å². The van der Waals surface area contributed by atoms with Crippen LogP contribution in [-0.2, 0) is 37.1 Å². The molecule has 0 aliphatic heterocycles. The lowest BCUT2D eigenvalue weighted by Crippen LogP contribution is -2.26. The summed E-state index contributed by atoms with van der Waals surface area (Å²) in [5.41, 5.74) is 2.05. The van der Waals surface area contributed by atoms with Crippen LogP contribution >= 0.6 is 0 Å². The van der Waals surface area contributed by atoms with Gasteiger partial charge in [0.15, 0.2) is 5.69 Å². The van der Waals surface area contributed by atoms with Crippen LogP contribution in [0.2, 0.25) is 0 Å². The van der Waals surface area contributed by atoms with Crippen molar-refractivity contribution in [3.63, 3.8) is 0 Å². The van der Waals surface area contributed by atoms with Gasteiger partial charge in [-0.3, -0.25) is 4.90 Å². The van der Waals surface area contributed by atoms with Crippen LogP contribution in [0.25, 0.3) is 11.4 Å². The van der Waals surface area contributed by atoms with Crippen molar-refractivity contribution < 1.29 is 27.4 Å². The van der Waals surface area contributed by atoms with E-state index in [1.165, 1.54) is 7.11 Å². The van der Waals surface area contributed by atoms with E-state index in [1.54, 1.807) is 53.1 Å². The van der Waals surface area contributed by atoms with Crippen molar-refractivity contribution in [3.8, 4) is 17.1 Å². The molecule has 0 saturated heterocycles. The van der Waals surface area contributed by atoms with Crippen molar-refractivity contribution in [1.29, 1.82) is 0 Å². The van der Waals surface area contributed by atoms with Crippen molar-refractivity contribution in [2.75, 3.05) is 13.7 Å². The summed E-state index contributed by atoms with van der Waals surface area (Å²) < 4.78 is 55.8. The molecule has 0 spiro atoms. The first kappa shape index (κ1) is 30.8. The molecule has 42 heavy (non-hydrogen) atoms. The highest BCUT2D eigenvalue weighted by atomic mass is 19.4. The third-order valence-corrected chi connectivity index (χ3v) is 6.88. The fraction of sp³-hybridized carbons (Fsp3) is 0.333. The maximum Gasteiger partial charge on any atom is 0.435 e. The van der Waals surface area contributed by atoms with Crippen LogP contribution in [0.3, 0.4) is 0 Å². The predicted molar refractivity (Wildman–Crippen MR) is 156 cm³/mol. The fourth-order valence-corrected chi connectivity index (χ4v) is 4.90. The highest BCUT2D eigenvalue weighted by Crippen LogP contribution is 2.36. The zero-order chi connectivity index (χ0) is 30.1. The Hall–Kier alpha value is -4.11. The maximum atomic E-state index is 14.5. The summed E-state index contributed by atoms with van der Waals surface area (Å²) >= 11 is 0. The van der Waals surface area contributed by atoms with Crippen molar-refractivity contribution in [2.24, 2.45) is 0 Å². The molecule has 0 aliphatic rings. The topological polar surface area (TPSA) is 56.6 Å². The summed E-state index contributed by atoms with van der Waals surface area (Å²) in [5.74, 6) is 0.564. The van der Waals surface area contributed by atoms with Crippen molar-refractivity contribution in [1.82, 2.24) is 14.5 Å². The van der Waals surface area contributed by atoms with E-state index in [9.17, 15) is 18.0 Å². The van der Waals surface area contributed by atoms with Crippen molar-refractivity contribution in [2.45, 2.75) is 59.0 Å². The number of alkyl halides is 3. The van der Waals surface area contributed by atoms with Gasteiger partial charge in [0.25, 0.3) is 0 Å². The molecular formula is C33H36F3N3O3. The van der Waals surface area contributed by atoms with E-state index < -0.39 is 17.8 Å². The Bertz CT molecular complexity index is 1450. The minimum atomic E-state index is -4.63. The summed E-state index contributed by atoms with van der Waals surface area (Å²) in [4.78, 5) is 18.1. The minimum absolute atomic E-state index is 0.00993. The zero-order valence-corrected chi connectivity index (χ0v) is 24.2. The van der Waals surface area contributed by atoms with Gasteiger partial charge in [-0.1, -0.05) is 67.9 Å². The first-order chi connectivity index (χ1) is 20.2. The molecule has 0 radical (unpaired) electrons. The number of hydrogen-bond acceptors (Lipinski definition) is 5. The number of unbranched alkanes of at least 4 members (excludes halogenated alkanes) is 1. The highest BCUT2D eigenvalue weighted by Gasteiger charge is 2.39. The molecule has 0 saturated carbocycles. The number of esters is 1. The third-order valence-electron chi connectivity index (χ3n) is 6.88. The SMILES string of the molecule is CCCCn1c(-c2ccccc2)nc(C(F)(F)F)c1CN(Cc1ccc(C(=O)OC)cc1)Cc1cccc(OCC)c1. The second-order valence-corrected chi connectivity index (χ2v) is 10.0. The average Bonchev–Trinajstić information content (AvgIpc) is 3.35. The fourth-order valence-electron chi connectivity index (χ4n) is 4.90. The van der Waals surface area contributed by atoms with E-state index in [2.05, 4.69) is 4.98 Å². The van der Waals surface area contributed by atoms with Crippen LogP contribution in [0, 0.1) is 0 Å². The Morgan fingerprint density at radius 2 is 1.62 bits per heavy atom. The summed E-state index contributed by atoms with van der Waals surface area (Å²) in [5, 5.41) is 0. The first-order valence-corrected chi connectivity index (χ1v) is 14.1. The second-order valence-electron chi connectivity index (χ2n) is 10.0. The number of ether oxygens (including phenoxy) is 2. The summed E-state index contributed by atoms with van der Waals surface area (Å²) in [6, 6.07) is 23.5. The molecule has 1 aromatic heterocycles. The first-order valence-electron chi connectivity index (χ1n) is 14.1. The summed E-state index contributed by atoms with van der Waals surface area (Å²) in [7, 11) is 1.32. The zero-order valence-electron chi connectivity index (χ0n) is 24.2. The Balaban J connectivity index is 1.77. The lowest BCUT2D eigenvalue weighted by molar-refractivity contribution is -0.141. The van der Waals surface area contributed by atoms with Crippen LogP contribution in [0.1, 0.15) is 59.6 Å². The number of imidazole rings is 1. The third kappa shape index (κ3) is 7.79. The molecule has 9 heteroatoms. The van der Waals surface area contributed by atoms with Gasteiger partial charge in [-0.25, -0.2) is 9.78 Å². The Kier molecular flexibility index (Phi) is 10.4. The smallest absolute Gasteiger partial charge is 0.435 e. The lowest BCUT2D eigenvalue weighted by Gasteiger charge is -2.25. The molecule has 4 aromatic rings. The standard InChI is InChI=1S/C33H36F3N3O3/c1-4-6-19-39-29(30(33(34,35)36)37-31(39)26-12-8-7-9-13-26)23-38(22-25-11-10-14-28(20-25)42-5-2)21-24-15-17-27(18-16-24)32(40)41-3/h7-18,20H,4-6,19,21-23H2,1-3H3. The monoisotopic (exact) mass is 579 g/mol. The van der Waals surface area contributed by atoms with Gasteiger partial charge in [0.05, 0.1) is 25.0 Å². The molecule has 0 aliphatic carbocycles. The Labute approximate surface area is 244 Å². The van der Waals surface area contributed by atoms with Gasteiger partial charge in [0.2, 0.25) is 0 Å². The highest BCUT2D eigenvalue weighted by molar-refractivity contribution is 5.89. The predicted octanol–water partition coefficient (Wildman–Crippen LogP) is 7.76. The van der Waals surface area contributed by atoms with E-state index in [0.717, 1.165) is 17.5 Å². The van der Waals surface area contributed by atoms with E-state index >= 15 is 0 Å². The van der Waals surface area contributed by atoms with Gasteiger partial charge >= 0.3 is 12.1 Å². The number of aromatic nitrogens is 2. The largest absolute Gasteiger partial charge is 0.494 e. The molecule has 0 unspecified atom stereocenters. The van der Waals surface area contributed by atoms with Gasteiger partial charge in [0, 0.05) is 31.7 Å². The van der Waals surface area contributed by atoms with Gasteiger partial charge in [-0.15, -0.1) is 0 Å². The van der Waals surface area contributed by atoms with Crippen molar-refractivity contribution in [3.05, 3.63) is 107 Å². The number of benzene rings is 3. The van der Waals surface area contributed by atoms with E-state index in [4.69, 9.17) is 9.47 Å². The molecule has 0 atom stereocenters. The number of methoxy groups -OCH3 is 1.